The van der Waals surface area contributed by atoms with E-state index < -0.39 is 11.6 Å². The van der Waals surface area contributed by atoms with Crippen LogP contribution in [0.5, 0.6) is 0 Å². The number of nitrogens with zero attached hydrogens (tertiary/aromatic N) is 1. The van der Waals surface area contributed by atoms with Crippen LogP contribution in [0.3, 0.4) is 0 Å². The molecule has 0 aromatic carbocycles. The number of carboxylic acids is 1. The average Bonchev–Trinajstić information content (AvgIpc) is 2.16. The zero-order valence-electron chi connectivity index (χ0n) is 10.9. The smallest absolute Gasteiger partial charge is 0.336 e. The van der Waals surface area contributed by atoms with Crippen LogP contribution in [0.15, 0.2) is 0 Å². The van der Waals surface area contributed by atoms with E-state index in [1.807, 2.05) is 18.7 Å². The predicted molar refractivity (Wildman–Crippen MR) is 64.5 cm³/mol. The summed E-state index contributed by atoms with van der Waals surface area (Å²) in [6, 6.07) is 0.252. The van der Waals surface area contributed by atoms with Gasteiger partial charge in [-0.2, -0.15) is 0 Å². The highest BCUT2D eigenvalue weighted by molar-refractivity contribution is 5.76. The number of unbranched alkanes of at least 4 members (excludes halogenated alkanes) is 2. The summed E-state index contributed by atoms with van der Waals surface area (Å²) in [5.41, 5.74) is -1.66. The van der Waals surface area contributed by atoms with E-state index in [0.29, 0.717) is 0 Å². The van der Waals surface area contributed by atoms with E-state index in [-0.39, 0.29) is 12.6 Å². The van der Waals surface area contributed by atoms with Gasteiger partial charge in [-0.1, -0.05) is 19.8 Å². The molecular weight excluding hydrogens is 206 g/mol. The molecule has 0 aliphatic heterocycles. The van der Waals surface area contributed by atoms with Crippen molar-refractivity contribution in [3.8, 4) is 0 Å². The van der Waals surface area contributed by atoms with Gasteiger partial charge < -0.3 is 10.2 Å². The van der Waals surface area contributed by atoms with Crippen molar-refractivity contribution in [2.45, 2.75) is 58.6 Å². The number of hydrogen-bond acceptors (Lipinski definition) is 3. The molecule has 0 aliphatic carbocycles. The van der Waals surface area contributed by atoms with Crippen LogP contribution in [0.2, 0.25) is 0 Å². The van der Waals surface area contributed by atoms with Crippen LogP contribution in [0.25, 0.3) is 0 Å². The molecule has 0 saturated heterocycles. The topological polar surface area (TPSA) is 60.8 Å². The summed E-state index contributed by atoms with van der Waals surface area (Å²) in [4.78, 5) is 12.9. The summed E-state index contributed by atoms with van der Waals surface area (Å²) in [5.74, 6) is -1.16. The minimum Gasteiger partial charge on any atom is -0.479 e. The van der Waals surface area contributed by atoms with Gasteiger partial charge in [0.1, 0.15) is 0 Å². The predicted octanol–water partition coefficient (Wildman–Crippen LogP) is 1.72. The van der Waals surface area contributed by atoms with Crippen molar-refractivity contribution >= 4 is 5.97 Å². The molecule has 0 amide bonds. The molecule has 1 atom stereocenters. The van der Waals surface area contributed by atoms with E-state index >= 15 is 0 Å². The average molecular weight is 231 g/mol. The second-order valence-electron chi connectivity index (χ2n) is 4.85. The van der Waals surface area contributed by atoms with E-state index in [2.05, 4.69) is 6.92 Å². The van der Waals surface area contributed by atoms with Gasteiger partial charge in [0, 0.05) is 12.6 Å². The molecular formula is C12H25NO3. The Morgan fingerprint density at radius 1 is 1.38 bits per heavy atom. The lowest BCUT2D eigenvalue weighted by molar-refractivity contribution is -0.158. The van der Waals surface area contributed by atoms with Gasteiger partial charge in [-0.05, 0) is 33.7 Å². The van der Waals surface area contributed by atoms with E-state index in [1.54, 1.807) is 0 Å². The molecule has 0 aliphatic rings. The molecule has 0 spiro atoms. The van der Waals surface area contributed by atoms with Crippen molar-refractivity contribution in [2.24, 2.45) is 0 Å². The second kappa shape index (κ2) is 6.86. The van der Waals surface area contributed by atoms with Crippen LogP contribution in [0.4, 0.5) is 0 Å². The van der Waals surface area contributed by atoms with Crippen LogP contribution in [0, 0.1) is 0 Å². The van der Waals surface area contributed by atoms with Gasteiger partial charge in [-0.15, -0.1) is 0 Å². The number of rotatable bonds is 8. The van der Waals surface area contributed by atoms with Crippen LogP contribution < -0.4 is 0 Å². The fourth-order valence-corrected chi connectivity index (χ4v) is 1.55. The van der Waals surface area contributed by atoms with Crippen molar-refractivity contribution in [1.82, 2.24) is 4.90 Å². The molecule has 0 saturated carbocycles. The molecule has 96 valence electrons. The summed E-state index contributed by atoms with van der Waals surface area (Å²) in [5, 5.41) is 18.6. The third-order valence-corrected chi connectivity index (χ3v) is 2.75. The van der Waals surface area contributed by atoms with Crippen molar-refractivity contribution < 1.29 is 15.0 Å². The number of aliphatic hydroxyl groups is 1. The van der Waals surface area contributed by atoms with Gasteiger partial charge in [0.25, 0.3) is 0 Å². The fraction of sp³-hybridized carbons (Fsp3) is 0.917. The Hall–Kier alpha value is -0.610. The van der Waals surface area contributed by atoms with Gasteiger partial charge in [0.15, 0.2) is 5.60 Å². The van der Waals surface area contributed by atoms with Gasteiger partial charge >= 0.3 is 5.97 Å². The summed E-state index contributed by atoms with van der Waals surface area (Å²) >= 11 is 0. The first-order chi connectivity index (χ1) is 7.31. The molecule has 16 heavy (non-hydrogen) atoms. The SMILES string of the molecule is CCCCCN(CC(C)(O)C(=O)O)C(C)C. The van der Waals surface area contributed by atoms with Gasteiger partial charge in [0.05, 0.1) is 0 Å². The highest BCUT2D eigenvalue weighted by atomic mass is 16.4. The fourth-order valence-electron chi connectivity index (χ4n) is 1.55. The Balaban J connectivity index is 4.28. The Morgan fingerprint density at radius 2 is 1.94 bits per heavy atom. The number of carboxylic acid groups (broad SMARTS) is 1. The quantitative estimate of drug-likeness (QED) is 0.624. The Kier molecular flexibility index (Phi) is 6.60. The molecule has 0 fully saturated rings. The first kappa shape index (κ1) is 15.4. The second-order valence-corrected chi connectivity index (χ2v) is 4.85. The molecule has 0 aromatic heterocycles. The van der Waals surface area contributed by atoms with Crippen molar-refractivity contribution in [1.29, 1.82) is 0 Å². The summed E-state index contributed by atoms with van der Waals surface area (Å²) in [6.45, 7) is 8.55. The molecule has 0 aromatic rings. The lowest BCUT2D eigenvalue weighted by Crippen LogP contribution is -2.49. The molecule has 4 nitrogen and oxygen atoms in total. The van der Waals surface area contributed by atoms with Gasteiger partial charge in [-0.3, -0.25) is 4.90 Å². The molecule has 0 rings (SSSR count). The summed E-state index contributed by atoms with van der Waals surface area (Å²) in [7, 11) is 0. The zero-order valence-corrected chi connectivity index (χ0v) is 10.9. The molecule has 2 N–H and O–H groups in total. The first-order valence-electron chi connectivity index (χ1n) is 6.01. The Labute approximate surface area is 98.3 Å². The van der Waals surface area contributed by atoms with Crippen molar-refractivity contribution in [2.75, 3.05) is 13.1 Å². The zero-order chi connectivity index (χ0) is 12.8. The number of carbonyl (C=O) groups is 1. The lowest BCUT2D eigenvalue weighted by atomic mass is 10.1. The van der Waals surface area contributed by atoms with E-state index in [9.17, 15) is 9.90 Å². The number of aliphatic carboxylic acids is 1. The van der Waals surface area contributed by atoms with Crippen LogP contribution in [0.1, 0.15) is 47.0 Å². The lowest BCUT2D eigenvalue weighted by Gasteiger charge is -2.31. The maximum absolute atomic E-state index is 10.8. The highest BCUT2D eigenvalue weighted by Crippen LogP contribution is 2.11. The third-order valence-electron chi connectivity index (χ3n) is 2.75. The largest absolute Gasteiger partial charge is 0.479 e. The molecule has 0 radical (unpaired) electrons. The van der Waals surface area contributed by atoms with Crippen molar-refractivity contribution in [3.63, 3.8) is 0 Å². The minimum absolute atomic E-state index is 0.184. The first-order valence-corrected chi connectivity index (χ1v) is 6.01. The van der Waals surface area contributed by atoms with Crippen molar-refractivity contribution in [3.05, 3.63) is 0 Å². The standard InChI is InChI=1S/C12H25NO3/c1-5-6-7-8-13(10(2)3)9-12(4,16)11(14)15/h10,16H,5-9H2,1-4H3,(H,14,15). The normalized spacial score (nSPS) is 15.4. The molecule has 1 unspecified atom stereocenters. The van der Waals surface area contributed by atoms with E-state index in [4.69, 9.17) is 5.11 Å². The monoisotopic (exact) mass is 231 g/mol. The van der Waals surface area contributed by atoms with E-state index in [0.717, 1.165) is 25.8 Å². The highest BCUT2D eigenvalue weighted by Gasteiger charge is 2.32. The molecule has 0 bridgehead atoms. The van der Waals surface area contributed by atoms with Crippen LogP contribution in [-0.2, 0) is 4.79 Å². The van der Waals surface area contributed by atoms with Gasteiger partial charge in [0.2, 0.25) is 0 Å². The summed E-state index contributed by atoms with van der Waals surface area (Å²) < 4.78 is 0. The Bertz CT molecular complexity index is 214. The van der Waals surface area contributed by atoms with Crippen LogP contribution >= 0.6 is 0 Å². The third kappa shape index (κ3) is 5.47. The summed E-state index contributed by atoms with van der Waals surface area (Å²) in [6.07, 6.45) is 3.32. The Morgan fingerprint density at radius 3 is 2.31 bits per heavy atom. The van der Waals surface area contributed by atoms with E-state index in [1.165, 1.54) is 6.92 Å². The van der Waals surface area contributed by atoms with Crippen LogP contribution in [-0.4, -0.2) is 45.8 Å². The molecule has 0 heterocycles. The van der Waals surface area contributed by atoms with Gasteiger partial charge in [-0.25, -0.2) is 4.79 Å². The molecule has 4 heteroatoms. The minimum atomic E-state index is -1.66. The maximum atomic E-state index is 10.8. The maximum Gasteiger partial charge on any atom is 0.336 e. The number of hydrogen-bond donors (Lipinski definition) is 2.